The van der Waals surface area contributed by atoms with Crippen LogP contribution in [0.5, 0.6) is 5.75 Å². The summed E-state index contributed by atoms with van der Waals surface area (Å²) < 4.78 is 5.12. The smallest absolute Gasteiger partial charge is 0.311 e. The van der Waals surface area contributed by atoms with Gasteiger partial charge in [-0.05, 0) is 18.6 Å². The Balaban J connectivity index is 2.52. The van der Waals surface area contributed by atoms with E-state index in [2.05, 4.69) is 6.92 Å². The molecular weight excluding hydrogens is 247 g/mol. The van der Waals surface area contributed by atoms with Gasteiger partial charge in [0.05, 0.1) is 5.02 Å². The fourth-order valence-corrected chi connectivity index (χ4v) is 1.57. The lowest BCUT2D eigenvalue weighted by Gasteiger charge is -2.06. The molecule has 0 heterocycles. The SMILES string of the molecule is CCCCCC(=O)Oc1cc(Cl)ccc1Cl. The van der Waals surface area contributed by atoms with E-state index in [-0.39, 0.29) is 5.97 Å². The van der Waals surface area contributed by atoms with Crippen molar-refractivity contribution >= 4 is 29.2 Å². The van der Waals surface area contributed by atoms with Crippen molar-refractivity contribution in [2.24, 2.45) is 0 Å². The molecule has 0 spiro atoms. The Morgan fingerprint density at radius 1 is 1.31 bits per heavy atom. The Morgan fingerprint density at radius 2 is 2.06 bits per heavy atom. The van der Waals surface area contributed by atoms with Crippen LogP contribution in [0.1, 0.15) is 32.6 Å². The number of esters is 1. The molecule has 0 aliphatic carbocycles. The van der Waals surface area contributed by atoms with Gasteiger partial charge in [-0.1, -0.05) is 43.0 Å². The van der Waals surface area contributed by atoms with Crippen LogP contribution in [-0.2, 0) is 4.79 Å². The van der Waals surface area contributed by atoms with Crippen LogP contribution < -0.4 is 4.74 Å². The van der Waals surface area contributed by atoms with Gasteiger partial charge in [0.25, 0.3) is 0 Å². The fourth-order valence-electron chi connectivity index (χ4n) is 1.25. The van der Waals surface area contributed by atoms with E-state index in [4.69, 9.17) is 27.9 Å². The molecule has 0 aliphatic rings. The highest BCUT2D eigenvalue weighted by Gasteiger charge is 2.08. The molecule has 0 N–H and O–H groups in total. The molecule has 0 amide bonds. The predicted molar refractivity (Wildman–Crippen MR) is 66.2 cm³/mol. The van der Waals surface area contributed by atoms with Crippen molar-refractivity contribution < 1.29 is 9.53 Å². The standard InChI is InChI=1S/C12H14Cl2O2/c1-2-3-4-5-12(15)16-11-8-9(13)6-7-10(11)14/h6-8H,2-5H2,1H3. The first-order chi connectivity index (χ1) is 7.63. The van der Waals surface area contributed by atoms with Crippen LogP contribution in [0.2, 0.25) is 10.0 Å². The lowest BCUT2D eigenvalue weighted by molar-refractivity contribution is -0.134. The quantitative estimate of drug-likeness (QED) is 0.443. The van der Waals surface area contributed by atoms with Crippen LogP contribution in [0, 0.1) is 0 Å². The number of hydrogen-bond donors (Lipinski definition) is 0. The minimum absolute atomic E-state index is 0.266. The normalized spacial score (nSPS) is 10.2. The van der Waals surface area contributed by atoms with Crippen LogP contribution in [0.3, 0.4) is 0 Å². The Labute approximate surface area is 106 Å². The molecular formula is C12H14Cl2O2. The molecule has 88 valence electrons. The number of benzene rings is 1. The molecule has 0 saturated heterocycles. The molecule has 0 fully saturated rings. The molecule has 2 nitrogen and oxygen atoms in total. The van der Waals surface area contributed by atoms with Gasteiger partial charge in [0, 0.05) is 17.5 Å². The Kier molecular flexibility index (Phi) is 5.64. The van der Waals surface area contributed by atoms with E-state index in [9.17, 15) is 4.79 Å². The lowest BCUT2D eigenvalue weighted by Crippen LogP contribution is -2.07. The van der Waals surface area contributed by atoms with Gasteiger partial charge in [0.2, 0.25) is 0 Å². The summed E-state index contributed by atoms with van der Waals surface area (Å²) in [5, 5.41) is 0.897. The highest BCUT2D eigenvalue weighted by molar-refractivity contribution is 6.34. The second kappa shape index (κ2) is 6.77. The average Bonchev–Trinajstić information content (AvgIpc) is 2.24. The van der Waals surface area contributed by atoms with Crippen LogP contribution in [0.4, 0.5) is 0 Å². The minimum atomic E-state index is -0.266. The van der Waals surface area contributed by atoms with Gasteiger partial charge in [0.15, 0.2) is 5.75 Å². The number of hydrogen-bond acceptors (Lipinski definition) is 2. The number of halogens is 2. The van der Waals surface area contributed by atoms with Gasteiger partial charge in [0.1, 0.15) is 0 Å². The maximum Gasteiger partial charge on any atom is 0.311 e. The molecule has 16 heavy (non-hydrogen) atoms. The molecule has 0 unspecified atom stereocenters. The van der Waals surface area contributed by atoms with Crippen molar-refractivity contribution in [3.8, 4) is 5.75 Å². The zero-order valence-electron chi connectivity index (χ0n) is 9.13. The summed E-state index contributed by atoms with van der Waals surface area (Å²) in [6, 6.07) is 4.80. The van der Waals surface area contributed by atoms with Crippen molar-refractivity contribution in [1.29, 1.82) is 0 Å². The van der Waals surface area contributed by atoms with Gasteiger partial charge in [-0.3, -0.25) is 4.79 Å². The van der Waals surface area contributed by atoms with E-state index in [0.29, 0.717) is 22.2 Å². The minimum Gasteiger partial charge on any atom is -0.425 e. The first kappa shape index (κ1) is 13.3. The Morgan fingerprint density at radius 3 is 2.75 bits per heavy atom. The summed E-state index contributed by atoms with van der Waals surface area (Å²) >= 11 is 11.6. The molecule has 0 bridgehead atoms. The van der Waals surface area contributed by atoms with Crippen molar-refractivity contribution in [2.75, 3.05) is 0 Å². The maximum absolute atomic E-state index is 11.4. The molecule has 0 aromatic heterocycles. The zero-order chi connectivity index (χ0) is 12.0. The maximum atomic E-state index is 11.4. The highest BCUT2D eigenvalue weighted by Crippen LogP contribution is 2.28. The second-order valence-corrected chi connectivity index (χ2v) is 4.35. The summed E-state index contributed by atoms with van der Waals surface area (Å²) in [6.45, 7) is 2.08. The van der Waals surface area contributed by atoms with E-state index in [1.807, 2.05) is 0 Å². The number of carbonyl (C=O) groups excluding carboxylic acids is 1. The summed E-state index contributed by atoms with van der Waals surface area (Å²) in [7, 11) is 0. The zero-order valence-corrected chi connectivity index (χ0v) is 10.6. The second-order valence-electron chi connectivity index (χ2n) is 3.51. The highest BCUT2D eigenvalue weighted by atomic mass is 35.5. The van der Waals surface area contributed by atoms with E-state index in [1.165, 1.54) is 0 Å². The van der Waals surface area contributed by atoms with Gasteiger partial charge in [-0.15, -0.1) is 0 Å². The van der Waals surface area contributed by atoms with Crippen LogP contribution >= 0.6 is 23.2 Å². The lowest BCUT2D eigenvalue weighted by atomic mass is 10.2. The van der Waals surface area contributed by atoms with Crippen molar-refractivity contribution in [3.63, 3.8) is 0 Å². The largest absolute Gasteiger partial charge is 0.425 e. The first-order valence-corrected chi connectivity index (χ1v) is 6.04. The topological polar surface area (TPSA) is 26.3 Å². The Hall–Kier alpha value is -0.730. The van der Waals surface area contributed by atoms with E-state index >= 15 is 0 Å². The number of ether oxygens (including phenoxy) is 1. The summed E-state index contributed by atoms with van der Waals surface area (Å²) in [6.07, 6.45) is 3.35. The molecule has 0 saturated carbocycles. The van der Waals surface area contributed by atoms with E-state index < -0.39 is 0 Å². The average molecular weight is 261 g/mol. The third-order valence-electron chi connectivity index (χ3n) is 2.10. The van der Waals surface area contributed by atoms with Crippen molar-refractivity contribution in [1.82, 2.24) is 0 Å². The van der Waals surface area contributed by atoms with Crippen LogP contribution in [0.25, 0.3) is 0 Å². The molecule has 0 aliphatic heterocycles. The fraction of sp³-hybridized carbons (Fsp3) is 0.417. The van der Waals surface area contributed by atoms with Gasteiger partial charge < -0.3 is 4.74 Å². The Bertz CT molecular complexity index is 364. The van der Waals surface area contributed by atoms with Gasteiger partial charge in [-0.25, -0.2) is 0 Å². The number of unbranched alkanes of at least 4 members (excludes halogenated alkanes) is 2. The summed E-state index contributed by atoms with van der Waals surface area (Å²) in [4.78, 5) is 11.4. The molecule has 4 heteroatoms. The van der Waals surface area contributed by atoms with Crippen molar-refractivity contribution in [2.45, 2.75) is 32.6 Å². The number of carbonyl (C=O) groups is 1. The monoisotopic (exact) mass is 260 g/mol. The molecule has 1 aromatic rings. The summed E-state index contributed by atoms with van der Waals surface area (Å²) in [5.41, 5.74) is 0. The molecule has 1 rings (SSSR count). The van der Waals surface area contributed by atoms with E-state index in [1.54, 1.807) is 18.2 Å². The first-order valence-electron chi connectivity index (χ1n) is 5.29. The third-order valence-corrected chi connectivity index (χ3v) is 2.65. The molecule has 1 aromatic carbocycles. The predicted octanol–water partition coefficient (Wildman–Crippen LogP) is 4.48. The van der Waals surface area contributed by atoms with Crippen LogP contribution in [0.15, 0.2) is 18.2 Å². The number of rotatable bonds is 5. The van der Waals surface area contributed by atoms with Crippen molar-refractivity contribution in [3.05, 3.63) is 28.2 Å². The summed E-state index contributed by atoms with van der Waals surface area (Å²) in [5.74, 6) is 0.0632. The third kappa shape index (κ3) is 4.42. The van der Waals surface area contributed by atoms with E-state index in [0.717, 1.165) is 19.3 Å². The molecule has 0 atom stereocenters. The van der Waals surface area contributed by atoms with Gasteiger partial charge >= 0.3 is 5.97 Å². The van der Waals surface area contributed by atoms with Crippen LogP contribution in [-0.4, -0.2) is 5.97 Å². The van der Waals surface area contributed by atoms with Gasteiger partial charge in [-0.2, -0.15) is 0 Å². The molecule has 0 radical (unpaired) electrons.